The zero-order valence-electron chi connectivity index (χ0n) is 9.64. The number of esters is 1. The summed E-state index contributed by atoms with van der Waals surface area (Å²) < 4.78 is 41.9. The largest absolute Gasteiger partial charge is 0.465 e. The van der Waals surface area contributed by atoms with Crippen molar-refractivity contribution in [2.45, 2.75) is 37.0 Å². The van der Waals surface area contributed by atoms with Crippen molar-refractivity contribution < 1.29 is 22.7 Å². The number of nitrogens with zero attached hydrogens (tertiary/aromatic N) is 4. The molecule has 0 spiro atoms. The second-order valence-electron chi connectivity index (χ2n) is 3.25. The van der Waals surface area contributed by atoms with E-state index in [1.54, 1.807) is 6.92 Å². The van der Waals surface area contributed by atoms with E-state index in [9.17, 15) is 18.0 Å². The molecule has 0 aliphatic carbocycles. The van der Waals surface area contributed by atoms with E-state index >= 15 is 0 Å². The Labute approximate surface area is 105 Å². The van der Waals surface area contributed by atoms with Crippen LogP contribution in [0.25, 0.3) is 0 Å². The van der Waals surface area contributed by atoms with Gasteiger partial charge in [-0.15, -0.1) is 5.10 Å². The standard InChI is InChI=1S/C8H11F3N4O2S/c1-3-17-6(16)5(2)18-7-12-13-14-15(7)4-8(9,10)11/h5H,3-4H2,1-2H3. The van der Waals surface area contributed by atoms with Crippen LogP contribution in [0.15, 0.2) is 5.16 Å². The van der Waals surface area contributed by atoms with E-state index in [1.807, 2.05) is 0 Å². The molecule has 1 aromatic rings. The van der Waals surface area contributed by atoms with Gasteiger partial charge in [0.1, 0.15) is 11.8 Å². The Morgan fingerprint density at radius 2 is 2.22 bits per heavy atom. The van der Waals surface area contributed by atoms with Crippen LogP contribution in [0.3, 0.4) is 0 Å². The number of halogens is 3. The summed E-state index contributed by atoms with van der Waals surface area (Å²) in [7, 11) is 0. The second kappa shape index (κ2) is 6.03. The molecule has 1 atom stereocenters. The maximum atomic E-state index is 12.2. The van der Waals surface area contributed by atoms with E-state index in [0.717, 1.165) is 11.8 Å². The summed E-state index contributed by atoms with van der Waals surface area (Å²) in [5, 5.41) is 9.06. The lowest BCUT2D eigenvalue weighted by molar-refractivity contribution is -0.144. The minimum atomic E-state index is -4.42. The Morgan fingerprint density at radius 1 is 1.56 bits per heavy atom. The first-order valence-electron chi connectivity index (χ1n) is 4.99. The number of alkyl halides is 3. The predicted octanol–water partition coefficient (Wildman–Crippen LogP) is 1.28. The molecule has 1 rings (SSSR count). The maximum Gasteiger partial charge on any atom is 0.408 e. The van der Waals surface area contributed by atoms with Crippen molar-refractivity contribution in [1.82, 2.24) is 20.2 Å². The van der Waals surface area contributed by atoms with Gasteiger partial charge in [-0.05, 0) is 24.3 Å². The van der Waals surface area contributed by atoms with Gasteiger partial charge in [-0.2, -0.15) is 13.2 Å². The second-order valence-corrected chi connectivity index (χ2v) is 4.55. The highest BCUT2D eigenvalue weighted by atomic mass is 32.2. The monoisotopic (exact) mass is 284 g/mol. The van der Waals surface area contributed by atoms with Gasteiger partial charge in [-0.3, -0.25) is 4.79 Å². The molecule has 10 heteroatoms. The van der Waals surface area contributed by atoms with Crippen LogP contribution in [-0.2, 0) is 16.1 Å². The van der Waals surface area contributed by atoms with Gasteiger partial charge in [0.25, 0.3) is 0 Å². The average Bonchev–Trinajstić information content (AvgIpc) is 2.63. The SMILES string of the molecule is CCOC(=O)C(C)Sc1nnnn1CC(F)(F)F. The summed E-state index contributed by atoms with van der Waals surface area (Å²) >= 11 is 0.818. The van der Waals surface area contributed by atoms with Crippen LogP contribution in [0.5, 0.6) is 0 Å². The molecule has 18 heavy (non-hydrogen) atoms. The van der Waals surface area contributed by atoms with Crippen LogP contribution in [0, 0.1) is 0 Å². The van der Waals surface area contributed by atoms with Crippen LogP contribution in [0.2, 0.25) is 0 Å². The lowest BCUT2D eigenvalue weighted by atomic mass is 10.5. The van der Waals surface area contributed by atoms with Crippen LogP contribution < -0.4 is 0 Å². The zero-order chi connectivity index (χ0) is 13.8. The molecule has 0 aliphatic heterocycles. The minimum Gasteiger partial charge on any atom is -0.465 e. The molecule has 6 nitrogen and oxygen atoms in total. The van der Waals surface area contributed by atoms with Crippen LogP contribution >= 0.6 is 11.8 Å². The molecular formula is C8H11F3N4O2S. The van der Waals surface area contributed by atoms with Gasteiger partial charge in [0.2, 0.25) is 5.16 Å². The number of hydrogen-bond acceptors (Lipinski definition) is 6. The molecule has 1 unspecified atom stereocenters. The number of tetrazole rings is 1. The molecule has 1 heterocycles. The first-order valence-corrected chi connectivity index (χ1v) is 5.87. The van der Waals surface area contributed by atoms with E-state index in [-0.39, 0.29) is 11.8 Å². The van der Waals surface area contributed by atoms with Gasteiger partial charge >= 0.3 is 12.1 Å². The maximum absolute atomic E-state index is 12.2. The van der Waals surface area contributed by atoms with E-state index in [0.29, 0.717) is 4.68 Å². The van der Waals surface area contributed by atoms with Crippen molar-refractivity contribution in [3.63, 3.8) is 0 Å². The Kier molecular flexibility index (Phi) is 4.93. The first kappa shape index (κ1) is 14.7. The number of rotatable bonds is 5. The van der Waals surface area contributed by atoms with Crippen LogP contribution in [-0.4, -0.2) is 44.2 Å². The smallest absolute Gasteiger partial charge is 0.408 e. The van der Waals surface area contributed by atoms with Gasteiger partial charge in [0.05, 0.1) is 6.61 Å². The van der Waals surface area contributed by atoms with Crippen LogP contribution in [0.1, 0.15) is 13.8 Å². The summed E-state index contributed by atoms with van der Waals surface area (Å²) in [5.74, 6) is -0.524. The predicted molar refractivity (Wildman–Crippen MR) is 55.8 cm³/mol. The zero-order valence-corrected chi connectivity index (χ0v) is 10.5. The lowest BCUT2D eigenvalue weighted by Crippen LogP contribution is -2.21. The number of thioether (sulfide) groups is 1. The molecule has 0 bridgehead atoms. The van der Waals surface area contributed by atoms with Crippen LogP contribution in [0.4, 0.5) is 13.2 Å². The Morgan fingerprint density at radius 3 is 2.78 bits per heavy atom. The van der Waals surface area contributed by atoms with Crippen molar-refractivity contribution >= 4 is 17.7 Å². The molecule has 0 N–H and O–H groups in total. The number of aromatic nitrogens is 4. The van der Waals surface area contributed by atoms with E-state index in [4.69, 9.17) is 4.74 Å². The van der Waals surface area contributed by atoms with Crippen molar-refractivity contribution in [3.05, 3.63) is 0 Å². The number of ether oxygens (including phenoxy) is 1. The van der Waals surface area contributed by atoms with E-state index in [2.05, 4.69) is 15.5 Å². The number of carbonyl (C=O) groups is 1. The third-order valence-corrected chi connectivity index (χ3v) is 2.78. The fourth-order valence-electron chi connectivity index (χ4n) is 1.02. The average molecular weight is 284 g/mol. The normalized spacial score (nSPS) is 13.4. The molecule has 0 fully saturated rings. The van der Waals surface area contributed by atoms with Gasteiger partial charge in [0.15, 0.2) is 0 Å². The Bertz CT molecular complexity index is 409. The molecule has 0 saturated heterocycles. The number of carbonyl (C=O) groups excluding carboxylic acids is 1. The molecule has 102 valence electrons. The molecule has 0 aliphatic rings. The first-order chi connectivity index (χ1) is 8.33. The quantitative estimate of drug-likeness (QED) is 0.599. The summed E-state index contributed by atoms with van der Waals surface area (Å²) in [6, 6.07) is 0. The summed E-state index contributed by atoms with van der Waals surface area (Å²) in [5.41, 5.74) is 0. The Hall–Kier alpha value is -1.32. The molecule has 1 aromatic heterocycles. The highest BCUT2D eigenvalue weighted by Gasteiger charge is 2.31. The molecule has 0 aromatic carbocycles. The topological polar surface area (TPSA) is 69.9 Å². The Balaban J connectivity index is 2.68. The van der Waals surface area contributed by atoms with E-state index in [1.165, 1.54) is 6.92 Å². The van der Waals surface area contributed by atoms with Gasteiger partial charge in [-0.1, -0.05) is 11.8 Å². The highest BCUT2D eigenvalue weighted by molar-refractivity contribution is 8.00. The minimum absolute atomic E-state index is 0.0760. The van der Waals surface area contributed by atoms with Crippen molar-refractivity contribution in [1.29, 1.82) is 0 Å². The third-order valence-electron chi connectivity index (χ3n) is 1.73. The fourth-order valence-corrected chi connectivity index (χ4v) is 1.80. The molecule has 0 saturated carbocycles. The third kappa shape index (κ3) is 4.51. The summed E-state index contributed by atoms with van der Waals surface area (Å²) in [4.78, 5) is 11.3. The van der Waals surface area contributed by atoms with Crippen molar-refractivity contribution in [2.24, 2.45) is 0 Å². The number of hydrogen-bond donors (Lipinski definition) is 0. The molecule has 0 radical (unpaired) electrons. The highest BCUT2D eigenvalue weighted by Crippen LogP contribution is 2.24. The van der Waals surface area contributed by atoms with Crippen molar-refractivity contribution in [3.8, 4) is 0 Å². The van der Waals surface area contributed by atoms with E-state index < -0.39 is 23.9 Å². The van der Waals surface area contributed by atoms with Gasteiger partial charge in [0, 0.05) is 0 Å². The molecule has 0 amide bonds. The fraction of sp³-hybridized carbons (Fsp3) is 0.750. The van der Waals surface area contributed by atoms with Gasteiger partial charge in [-0.25, -0.2) is 4.68 Å². The van der Waals surface area contributed by atoms with Crippen molar-refractivity contribution in [2.75, 3.05) is 6.61 Å². The van der Waals surface area contributed by atoms with Gasteiger partial charge < -0.3 is 4.74 Å². The molecular weight excluding hydrogens is 273 g/mol. The summed E-state index contributed by atoms with van der Waals surface area (Å²) in [6.45, 7) is 2.06. The summed E-state index contributed by atoms with van der Waals surface area (Å²) in [6.07, 6.45) is -4.42. The lowest BCUT2D eigenvalue weighted by Gasteiger charge is -2.10.